The first-order valence-electron chi connectivity index (χ1n) is 9.05. The smallest absolute Gasteiger partial charge is 0.226 e. The van der Waals surface area contributed by atoms with Gasteiger partial charge in [-0.25, -0.2) is 8.78 Å². The van der Waals surface area contributed by atoms with Crippen LogP contribution in [-0.2, 0) is 11.2 Å². The highest BCUT2D eigenvalue weighted by molar-refractivity contribution is 7.10. The number of aromatic nitrogens is 4. The van der Waals surface area contributed by atoms with E-state index in [1.54, 1.807) is 24.3 Å². The third kappa shape index (κ3) is 4.90. The van der Waals surface area contributed by atoms with Crippen LogP contribution in [0.1, 0.15) is 18.7 Å². The number of rotatable bonds is 7. The maximum Gasteiger partial charge on any atom is 0.226 e. The summed E-state index contributed by atoms with van der Waals surface area (Å²) in [5.74, 6) is 0.306. The van der Waals surface area contributed by atoms with E-state index in [0.717, 1.165) is 11.5 Å². The Balaban J connectivity index is 1.26. The van der Waals surface area contributed by atoms with Crippen LogP contribution >= 0.6 is 11.5 Å². The Morgan fingerprint density at radius 3 is 2.23 bits per heavy atom. The Morgan fingerprint density at radius 1 is 0.933 bits per heavy atom. The fourth-order valence-electron chi connectivity index (χ4n) is 2.65. The summed E-state index contributed by atoms with van der Waals surface area (Å²) >= 11 is 1.05. The van der Waals surface area contributed by atoms with E-state index in [4.69, 9.17) is 4.52 Å². The van der Waals surface area contributed by atoms with E-state index in [1.807, 2.05) is 0 Å². The highest BCUT2D eigenvalue weighted by Crippen LogP contribution is 2.22. The van der Waals surface area contributed by atoms with Crippen LogP contribution in [0, 0.1) is 11.6 Å². The van der Waals surface area contributed by atoms with Gasteiger partial charge in [0.1, 0.15) is 11.6 Å². The van der Waals surface area contributed by atoms with E-state index in [2.05, 4.69) is 24.8 Å². The van der Waals surface area contributed by atoms with E-state index in [1.165, 1.54) is 24.3 Å². The molecule has 0 atom stereocenters. The zero-order chi connectivity index (χ0) is 20.9. The molecule has 4 rings (SSSR count). The predicted octanol–water partition coefficient (Wildman–Crippen LogP) is 4.49. The lowest BCUT2D eigenvalue weighted by atomic mass is 10.2. The van der Waals surface area contributed by atoms with Gasteiger partial charge < -0.3 is 9.84 Å². The summed E-state index contributed by atoms with van der Waals surface area (Å²) < 4.78 is 35.3. The summed E-state index contributed by atoms with van der Waals surface area (Å²) in [7, 11) is 0. The molecule has 0 saturated heterocycles. The van der Waals surface area contributed by atoms with Gasteiger partial charge in [0, 0.05) is 35.5 Å². The van der Waals surface area contributed by atoms with Crippen molar-refractivity contribution in [2.75, 3.05) is 5.32 Å². The summed E-state index contributed by atoms with van der Waals surface area (Å²) in [6, 6.07) is 11.6. The van der Waals surface area contributed by atoms with E-state index in [0.29, 0.717) is 46.6 Å². The maximum absolute atomic E-state index is 13.0. The summed E-state index contributed by atoms with van der Waals surface area (Å²) in [5.41, 5.74) is 1.32. The first-order valence-corrected chi connectivity index (χ1v) is 9.82. The molecule has 0 saturated carbocycles. The third-order valence-electron chi connectivity index (χ3n) is 4.14. The van der Waals surface area contributed by atoms with Crippen molar-refractivity contribution in [2.45, 2.75) is 19.3 Å². The van der Waals surface area contributed by atoms with Gasteiger partial charge in [-0.15, -0.1) is 0 Å². The van der Waals surface area contributed by atoms with Crippen molar-refractivity contribution in [1.29, 1.82) is 0 Å². The van der Waals surface area contributed by atoms with Gasteiger partial charge in [0.05, 0.1) is 0 Å². The molecule has 0 bridgehead atoms. The number of aryl methyl sites for hydroxylation is 1. The van der Waals surface area contributed by atoms with Crippen LogP contribution in [0.4, 0.5) is 13.9 Å². The van der Waals surface area contributed by atoms with Crippen molar-refractivity contribution in [2.24, 2.45) is 0 Å². The Hall–Kier alpha value is -3.53. The number of hydrogen-bond acceptors (Lipinski definition) is 7. The summed E-state index contributed by atoms with van der Waals surface area (Å²) in [6.07, 6.45) is 1.17. The highest BCUT2D eigenvalue weighted by atomic mass is 32.1. The molecule has 0 aliphatic carbocycles. The van der Waals surface area contributed by atoms with Crippen molar-refractivity contribution in [1.82, 2.24) is 19.5 Å². The fourth-order valence-corrected chi connectivity index (χ4v) is 3.25. The van der Waals surface area contributed by atoms with E-state index in [-0.39, 0.29) is 24.0 Å². The minimum atomic E-state index is -0.339. The highest BCUT2D eigenvalue weighted by Gasteiger charge is 2.12. The van der Waals surface area contributed by atoms with Gasteiger partial charge in [0.15, 0.2) is 5.82 Å². The summed E-state index contributed by atoms with van der Waals surface area (Å²) in [6.45, 7) is 0. The van der Waals surface area contributed by atoms with Gasteiger partial charge in [-0.1, -0.05) is 5.16 Å². The lowest BCUT2D eigenvalue weighted by Gasteiger charge is -1.99. The second kappa shape index (κ2) is 8.87. The monoisotopic (exact) mass is 427 g/mol. The second-order valence-electron chi connectivity index (χ2n) is 6.35. The Morgan fingerprint density at radius 2 is 1.57 bits per heavy atom. The first-order chi connectivity index (χ1) is 14.6. The second-order valence-corrected chi connectivity index (χ2v) is 7.10. The molecule has 4 aromatic rings. The number of nitrogens with zero attached hydrogens (tertiary/aromatic N) is 4. The molecule has 1 N–H and O–H groups in total. The van der Waals surface area contributed by atoms with Gasteiger partial charge in [-0.2, -0.15) is 14.3 Å². The molecule has 0 fully saturated rings. The number of carbonyl (C=O) groups excluding carboxylic acids is 1. The van der Waals surface area contributed by atoms with E-state index >= 15 is 0 Å². The van der Waals surface area contributed by atoms with Gasteiger partial charge >= 0.3 is 0 Å². The molecule has 0 aliphatic heterocycles. The molecule has 2 heterocycles. The Kier molecular flexibility index (Phi) is 5.84. The van der Waals surface area contributed by atoms with Crippen molar-refractivity contribution < 1.29 is 18.1 Å². The number of nitrogens with one attached hydrogen (secondary N) is 1. The van der Waals surface area contributed by atoms with Gasteiger partial charge in [-0.05, 0) is 55.0 Å². The standard InChI is InChI=1S/C20H15F2N5O2S/c21-14-8-4-12(5-9-14)18-24-17(29-26-18)3-1-2-16(28)23-20-25-19(27-30-20)13-6-10-15(22)11-7-13/h4-11H,1-3H2,(H,23,25,27,28). The predicted molar refractivity (Wildman–Crippen MR) is 107 cm³/mol. The minimum Gasteiger partial charge on any atom is -0.339 e. The molecule has 30 heavy (non-hydrogen) atoms. The number of amides is 1. The lowest BCUT2D eigenvalue weighted by Crippen LogP contribution is -2.11. The molecule has 0 unspecified atom stereocenters. The number of halogens is 2. The van der Waals surface area contributed by atoms with Crippen LogP contribution in [0.5, 0.6) is 0 Å². The van der Waals surface area contributed by atoms with Crippen LogP contribution in [0.15, 0.2) is 53.1 Å². The SMILES string of the molecule is O=C(CCCc1nc(-c2ccc(F)cc2)no1)Nc1nc(-c2ccc(F)cc2)ns1. The molecule has 0 radical (unpaired) electrons. The van der Waals surface area contributed by atoms with Crippen LogP contribution in [0.25, 0.3) is 22.8 Å². The molecule has 0 aliphatic rings. The molecular weight excluding hydrogens is 412 g/mol. The van der Waals surface area contributed by atoms with Gasteiger partial charge in [0.25, 0.3) is 0 Å². The van der Waals surface area contributed by atoms with Crippen LogP contribution in [-0.4, -0.2) is 25.4 Å². The normalized spacial score (nSPS) is 10.9. The average molecular weight is 427 g/mol. The lowest BCUT2D eigenvalue weighted by molar-refractivity contribution is -0.116. The quantitative estimate of drug-likeness (QED) is 0.467. The van der Waals surface area contributed by atoms with E-state index in [9.17, 15) is 13.6 Å². The average Bonchev–Trinajstić information content (AvgIpc) is 3.39. The number of hydrogen-bond donors (Lipinski definition) is 1. The molecular formula is C20H15F2N5O2S. The fraction of sp³-hybridized carbons (Fsp3) is 0.150. The molecule has 2 aromatic carbocycles. The Bertz CT molecular complexity index is 1140. The molecule has 0 spiro atoms. The first kappa shape index (κ1) is 19.8. The van der Waals surface area contributed by atoms with Gasteiger partial charge in [0.2, 0.25) is 22.8 Å². The van der Waals surface area contributed by atoms with Crippen molar-refractivity contribution in [3.8, 4) is 22.8 Å². The molecule has 1 amide bonds. The van der Waals surface area contributed by atoms with Gasteiger partial charge in [-0.3, -0.25) is 4.79 Å². The number of benzene rings is 2. The minimum absolute atomic E-state index is 0.213. The topological polar surface area (TPSA) is 93.8 Å². The van der Waals surface area contributed by atoms with Crippen molar-refractivity contribution in [3.05, 3.63) is 66.1 Å². The van der Waals surface area contributed by atoms with Crippen LogP contribution < -0.4 is 5.32 Å². The van der Waals surface area contributed by atoms with Crippen molar-refractivity contribution in [3.63, 3.8) is 0 Å². The van der Waals surface area contributed by atoms with E-state index < -0.39 is 0 Å². The molecule has 10 heteroatoms. The molecule has 2 aromatic heterocycles. The maximum atomic E-state index is 13.0. The summed E-state index contributed by atoms with van der Waals surface area (Å²) in [4.78, 5) is 20.6. The Labute approximate surface area is 174 Å². The third-order valence-corrected chi connectivity index (χ3v) is 4.77. The van der Waals surface area contributed by atoms with Crippen LogP contribution in [0.3, 0.4) is 0 Å². The largest absolute Gasteiger partial charge is 0.339 e. The molecule has 152 valence electrons. The zero-order valence-electron chi connectivity index (χ0n) is 15.5. The van der Waals surface area contributed by atoms with Crippen LogP contribution in [0.2, 0.25) is 0 Å². The number of anilines is 1. The number of carbonyl (C=O) groups is 1. The molecule has 7 nitrogen and oxygen atoms in total. The summed E-state index contributed by atoms with van der Waals surface area (Å²) in [5, 5.41) is 6.94. The van der Waals surface area contributed by atoms with Crippen molar-refractivity contribution >= 4 is 22.6 Å². The zero-order valence-corrected chi connectivity index (χ0v) is 16.3.